The molecule has 0 radical (unpaired) electrons. The maximum absolute atomic E-state index is 13.9. The number of rotatable bonds is 8. The summed E-state index contributed by atoms with van der Waals surface area (Å²) >= 11 is 16.1. The van der Waals surface area contributed by atoms with Crippen LogP contribution in [0.2, 0.25) is 10.0 Å². The lowest BCUT2D eigenvalue weighted by atomic mass is 9.96. The van der Waals surface area contributed by atoms with Gasteiger partial charge in [0.25, 0.3) is 5.56 Å². The molecule has 0 saturated heterocycles. The number of carbonyl (C=O) groups excluding carboxylic acids is 2. The Morgan fingerprint density at radius 1 is 1.15 bits per heavy atom. The van der Waals surface area contributed by atoms with Crippen LogP contribution in [0, 0.1) is 3.57 Å². The number of allylic oxidation sites excluding steroid dienone is 1. The van der Waals surface area contributed by atoms with Crippen molar-refractivity contribution in [3.8, 4) is 5.75 Å². The minimum absolute atomic E-state index is 0.164. The molecule has 204 valence electrons. The van der Waals surface area contributed by atoms with Gasteiger partial charge in [-0.25, -0.2) is 14.6 Å². The molecular weight excluding hydrogens is 678 g/mol. The van der Waals surface area contributed by atoms with E-state index in [9.17, 15) is 14.4 Å². The third-order valence-corrected chi connectivity index (χ3v) is 8.03. The van der Waals surface area contributed by atoms with E-state index in [1.54, 1.807) is 63.2 Å². The molecule has 39 heavy (non-hydrogen) atoms. The average Bonchev–Trinajstić information content (AvgIpc) is 3.17. The van der Waals surface area contributed by atoms with Crippen LogP contribution in [0.4, 0.5) is 0 Å². The van der Waals surface area contributed by atoms with Gasteiger partial charge in [-0.1, -0.05) is 52.7 Å². The van der Waals surface area contributed by atoms with Gasteiger partial charge in [-0.15, -0.1) is 0 Å². The van der Waals surface area contributed by atoms with E-state index in [2.05, 4.69) is 4.99 Å². The van der Waals surface area contributed by atoms with E-state index >= 15 is 0 Å². The SMILES string of the molecule is CCOC(=O)COc1c(I)cc(Cl)cc1/C=c1\sc2n(c1=O)[C@@H](c1ccccc1Cl)C(C(=O)OCC)=C(C)N=2. The molecule has 3 aromatic rings. The molecule has 4 rings (SSSR count). The molecule has 12 heteroatoms. The van der Waals surface area contributed by atoms with Crippen molar-refractivity contribution < 1.29 is 23.8 Å². The lowest BCUT2D eigenvalue weighted by Crippen LogP contribution is -2.40. The van der Waals surface area contributed by atoms with Gasteiger partial charge in [0.15, 0.2) is 11.4 Å². The Bertz CT molecular complexity index is 1660. The molecule has 0 spiro atoms. The van der Waals surface area contributed by atoms with Gasteiger partial charge in [0.2, 0.25) is 0 Å². The molecule has 2 heterocycles. The molecule has 0 N–H and O–H groups in total. The third kappa shape index (κ3) is 6.24. The average molecular weight is 701 g/mol. The second kappa shape index (κ2) is 12.7. The quantitative estimate of drug-likeness (QED) is 0.251. The first kappa shape index (κ1) is 29.3. The van der Waals surface area contributed by atoms with E-state index in [-0.39, 0.29) is 31.0 Å². The van der Waals surface area contributed by atoms with E-state index in [0.29, 0.717) is 45.5 Å². The summed E-state index contributed by atoms with van der Waals surface area (Å²) in [6.07, 6.45) is 1.63. The van der Waals surface area contributed by atoms with Gasteiger partial charge in [0, 0.05) is 15.6 Å². The first-order chi connectivity index (χ1) is 18.7. The van der Waals surface area contributed by atoms with Crippen LogP contribution >= 0.6 is 57.1 Å². The lowest BCUT2D eigenvalue weighted by molar-refractivity contribution is -0.145. The first-order valence-corrected chi connectivity index (χ1v) is 14.5. The summed E-state index contributed by atoms with van der Waals surface area (Å²) in [6.45, 7) is 5.21. The number of hydrogen-bond acceptors (Lipinski definition) is 8. The molecule has 1 atom stereocenters. The van der Waals surface area contributed by atoms with Crippen LogP contribution in [-0.2, 0) is 19.1 Å². The highest BCUT2D eigenvalue weighted by Gasteiger charge is 2.34. The highest BCUT2D eigenvalue weighted by molar-refractivity contribution is 14.1. The zero-order valence-corrected chi connectivity index (χ0v) is 25.6. The van der Waals surface area contributed by atoms with Crippen LogP contribution in [0.5, 0.6) is 5.75 Å². The Morgan fingerprint density at radius 2 is 1.87 bits per heavy atom. The third-order valence-electron chi connectivity index (χ3n) is 5.68. The number of aromatic nitrogens is 1. The summed E-state index contributed by atoms with van der Waals surface area (Å²) in [5, 5.41) is 0.823. The standard InChI is InChI=1S/C27H23Cl2IN2O6S/c1-4-36-21(33)13-38-24-15(10-16(28)12-19(24)30)11-20-25(34)32-23(17-8-6-7-9-18(17)29)22(26(35)37-5-2)14(3)31-27(32)39-20/h6-12,23H,4-5,13H2,1-3H3/b20-11-/t23-/m0/s1. The number of benzene rings is 2. The molecule has 0 aliphatic carbocycles. The van der Waals surface area contributed by atoms with Gasteiger partial charge in [-0.2, -0.15) is 0 Å². The van der Waals surface area contributed by atoms with Crippen LogP contribution in [0.1, 0.15) is 37.9 Å². The van der Waals surface area contributed by atoms with Gasteiger partial charge in [0.05, 0.1) is 32.6 Å². The Kier molecular flexibility index (Phi) is 9.52. The van der Waals surface area contributed by atoms with E-state index in [1.807, 2.05) is 22.6 Å². The van der Waals surface area contributed by atoms with Crippen molar-refractivity contribution in [2.75, 3.05) is 19.8 Å². The van der Waals surface area contributed by atoms with Crippen LogP contribution in [0.25, 0.3) is 6.08 Å². The number of thiazole rings is 1. The van der Waals surface area contributed by atoms with Crippen molar-refractivity contribution in [3.63, 3.8) is 0 Å². The summed E-state index contributed by atoms with van der Waals surface area (Å²) in [5.41, 5.74) is 1.35. The summed E-state index contributed by atoms with van der Waals surface area (Å²) in [4.78, 5) is 43.8. The summed E-state index contributed by atoms with van der Waals surface area (Å²) < 4.78 is 18.5. The molecule has 1 aliphatic heterocycles. The largest absolute Gasteiger partial charge is 0.480 e. The Morgan fingerprint density at radius 3 is 2.56 bits per heavy atom. The van der Waals surface area contributed by atoms with Crippen molar-refractivity contribution in [2.24, 2.45) is 4.99 Å². The van der Waals surface area contributed by atoms with Crippen LogP contribution in [-0.4, -0.2) is 36.3 Å². The molecule has 1 aliphatic rings. The first-order valence-electron chi connectivity index (χ1n) is 11.9. The minimum Gasteiger partial charge on any atom is -0.480 e. The summed E-state index contributed by atoms with van der Waals surface area (Å²) in [7, 11) is 0. The maximum Gasteiger partial charge on any atom is 0.344 e. The van der Waals surface area contributed by atoms with E-state index in [4.69, 9.17) is 37.4 Å². The maximum atomic E-state index is 13.9. The van der Waals surface area contributed by atoms with Crippen molar-refractivity contribution in [1.82, 2.24) is 4.57 Å². The summed E-state index contributed by atoms with van der Waals surface area (Å²) in [5.74, 6) is -0.711. The molecule has 0 unspecified atom stereocenters. The molecule has 0 amide bonds. The zero-order valence-electron chi connectivity index (χ0n) is 21.1. The number of fused-ring (bicyclic) bond motifs is 1. The number of esters is 2. The van der Waals surface area contributed by atoms with E-state index in [0.717, 1.165) is 11.3 Å². The van der Waals surface area contributed by atoms with Gasteiger partial charge in [-0.3, -0.25) is 9.36 Å². The molecule has 0 fully saturated rings. The van der Waals surface area contributed by atoms with Crippen LogP contribution < -0.4 is 19.6 Å². The monoisotopic (exact) mass is 700 g/mol. The van der Waals surface area contributed by atoms with Gasteiger partial charge >= 0.3 is 11.9 Å². The Hall–Kier alpha value is -2.67. The molecular formula is C27H23Cl2IN2O6S. The predicted octanol–water partition coefficient (Wildman–Crippen LogP) is 4.65. The predicted molar refractivity (Wildman–Crippen MR) is 158 cm³/mol. The summed E-state index contributed by atoms with van der Waals surface area (Å²) in [6, 6.07) is 9.52. The van der Waals surface area contributed by atoms with E-state index in [1.165, 1.54) is 4.57 Å². The fourth-order valence-electron chi connectivity index (χ4n) is 4.10. The lowest BCUT2D eigenvalue weighted by Gasteiger charge is -2.25. The smallest absolute Gasteiger partial charge is 0.344 e. The van der Waals surface area contributed by atoms with E-state index < -0.39 is 18.0 Å². The number of hydrogen-bond donors (Lipinski definition) is 0. The minimum atomic E-state index is -0.838. The molecule has 0 saturated carbocycles. The van der Waals surface area contributed by atoms with Crippen LogP contribution in [0.3, 0.4) is 0 Å². The fraction of sp³-hybridized carbons (Fsp3) is 0.259. The number of halogens is 3. The highest BCUT2D eigenvalue weighted by Crippen LogP contribution is 2.35. The Labute approximate surface area is 251 Å². The zero-order chi connectivity index (χ0) is 28.3. The number of ether oxygens (including phenoxy) is 3. The topological polar surface area (TPSA) is 96.2 Å². The Balaban J connectivity index is 1.91. The highest BCUT2D eigenvalue weighted by atomic mass is 127. The van der Waals surface area contributed by atoms with Gasteiger partial charge in [-0.05, 0) is 73.2 Å². The number of nitrogens with zero attached hydrogens (tertiary/aromatic N) is 2. The van der Waals surface area contributed by atoms with Crippen LogP contribution in [0.15, 0.2) is 57.5 Å². The fourth-order valence-corrected chi connectivity index (χ4v) is 6.59. The molecule has 1 aromatic heterocycles. The van der Waals surface area contributed by atoms with Gasteiger partial charge in [0.1, 0.15) is 11.8 Å². The van der Waals surface area contributed by atoms with Crippen molar-refractivity contribution in [1.29, 1.82) is 0 Å². The van der Waals surface area contributed by atoms with Crippen molar-refractivity contribution in [2.45, 2.75) is 26.8 Å². The second-order valence-electron chi connectivity index (χ2n) is 8.22. The molecule has 2 aromatic carbocycles. The van der Waals surface area contributed by atoms with Crippen molar-refractivity contribution in [3.05, 3.63) is 92.1 Å². The molecule has 8 nitrogen and oxygen atoms in total. The normalized spacial score (nSPS) is 15.0. The van der Waals surface area contributed by atoms with Gasteiger partial charge < -0.3 is 14.2 Å². The van der Waals surface area contributed by atoms with Crippen molar-refractivity contribution >= 4 is 75.1 Å². The molecule has 0 bridgehead atoms. The number of carbonyl (C=O) groups is 2. The second-order valence-corrected chi connectivity index (χ2v) is 11.2.